The van der Waals surface area contributed by atoms with Crippen LogP contribution >= 0.6 is 0 Å². The Kier molecular flexibility index (Phi) is 4.16. The fourth-order valence-corrected chi connectivity index (χ4v) is 2.94. The van der Waals surface area contributed by atoms with Gasteiger partial charge in [-0.3, -0.25) is 0 Å². The molecule has 94 valence electrons. The first-order valence-electron chi connectivity index (χ1n) is 6.70. The van der Waals surface area contributed by atoms with Crippen LogP contribution in [0.5, 0.6) is 0 Å². The second-order valence-electron chi connectivity index (χ2n) is 5.28. The van der Waals surface area contributed by atoms with Crippen LogP contribution in [0.2, 0.25) is 0 Å². The van der Waals surface area contributed by atoms with Crippen LogP contribution in [0.1, 0.15) is 55.7 Å². The largest absolute Gasteiger partial charge is 0.324 e. The zero-order chi connectivity index (χ0) is 12.3. The Balaban J connectivity index is 2.14. The first-order valence-corrected chi connectivity index (χ1v) is 6.70. The Bertz CT molecular complexity index is 367. The van der Waals surface area contributed by atoms with Crippen molar-refractivity contribution >= 4 is 0 Å². The van der Waals surface area contributed by atoms with Gasteiger partial charge in [0, 0.05) is 6.04 Å². The normalized spacial score (nSPS) is 19.9. The maximum Gasteiger partial charge on any atom is 0.123 e. The molecule has 0 bridgehead atoms. The molecule has 2 rings (SSSR count). The standard InChI is InChI=1S/C15H22FN/c1-11-10-13(16)8-9-14(11)15(17)12-6-4-2-3-5-7-12/h8-10,12,15H,2-7,17H2,1H3. The van der Waals surface area contributed by atoms with E-state index >= 15 is 0 Å². The van der Waals surface area contributed by atoms with Crippen molar-refractivity contribution < 1.29 is 4.39 Å². The average Bonchev–Trinajstić information content (AvgIpc) is 2.56. The quantitative estimate of drug-likeness (QED) is 0.767. The summed E-state index contributed by atoms with van der Waals surface area (Å²) in [6.45, 7) is 1.95. The topological polar surface area (TPSA) is 26.0 Å². The van der Waals surface area contributed by atoms with Crippen LogP contribution in [0.3, 0.4) is 0 Å². The number of hydrogen-bond acceptors (Lipinski definition) is 1. The molecule has 1 saturated carbocycles. The lowest BCUT2D eigenvalue weighted by Gasteiger charge is -2.24. The highest BCUT2D eigenvalue weighted by molar-refractivity contribution is 5.29. The molecule has 0 spiro atoms. The van der Waals surface area contributed by atoms with Gasteiger partial charge in [0.05, 0.1) is 0 Å². The van der Waals surface area contributed by atoms with Crippen LogP contribution in [0, 0.1) is 18.7 Å². The minimum absolute atomic E-state index is 0.0775. The molecule has 2 heteroatoms. The van der Waals surface area contributed by atoms with E-state index in [9.17, 15) is 4.39 Å². The number of halogens is 1. The van der Waals surface area contributed by atoms with Gasteiger partial charge in [-0.05, 0) is 48.9 Å². The van der Waals surface area contributed by atoms with E-state index in [2.05, 4.69) is 0 Å². The smallest absolute Gasteiger partial charge is 0.123 e. The van der Waals surface area contributed by atoms with Crippen molar-refractivity contribution in [3.05, 3.63) is 35.1 Å². The SMILES string of the molecule is Cc1cc(F)ccc1C(N)C1CCCCCC1. The summed E-state index contributed by atoms with van der Waals surface area (Å²) in [6, 6.07) is 5.05. The summed E-state index contributed by atoms with van der Waals surface area (Å²) in [5, 5.41) is 0. The third kappa shape index (κ3) is 3.06. The van der Waals surface area contributed by atoms with E-state index in [-0.39, 0.29) is 11.9 Å². The zero-order valence-electron chi connectivity index (χ0n) is 10.6. The van der Waals surface area contributed by atoms with Crippen molar-refractivity contribution in [3.8, 4) is 0 Å². The molecule has 17 heavy (non-hydrogen) atoms. The Morgan fingerprint density at radius 1 is 1.18 bits per heavy atom. The van der Waals surface area contributed by atoms with Crippen LogP contribution < -0.4 is 5.73 Å². The molecule has 1 aliphatic rings. The number of rotatable bonds is 2. The van der Waals surface area contributed by atoms with Gasteiger partial charge in [0.1, 0.15) is 5.82 Å². The second kappa shape index (κ2) is 5.63. The molecule has 0 aromatic heterocycles. The molecular weight excluding hydrogens is 213 g/mol. The molecule has 1 aliphatic carbocycles. The molecule has 0 radical (unpaired) electrons. The second-order valence-corrected chi connectivity index (χ2v) is 5.28. The Hall–Kier alpha value is -0.890. The Morgan fingerprint density at radius 2 is 1.82 bits per heavy atom. The molecule has 1 fully saturated rings. The lowest BCUT2D eigenvalue weighted by molar-refractivity contribution is 0.381. The molecule has 1 aromatic carbocycles. The van der Waals surface area contributed by atoms with E-state index in [4.69, 9.17) is 5.73 Å². The summed E-state index contributed by atoms with van der Waals surface area (Å²) in [5.41, 5.74) is 8.48. The first kappa shape index (κ1) is 12.6. The Morgan fingerprint density at radius 3 is 2.41 bits per heavy atom. The van der Waals surface area contributed by atoms with Gasteiger partial charge in [-0.2, -0.15) is 0 Å². The zero-order valence-corrected chi connectivity index (χ0v) is 10.6. The third-order valence-electron chi connectivity index (χ3n) is 4.00. The van der Waals surface area contributed by atoms with Gasteiger partial charge in [0.2, 0.25) is 0 Å². The van der Waals surface area contributed by atoms with Crippen molar-refractivity contribution in [2.75, 3.05) is 0 Å². The van der Waals surface area contributed by atoms with Crippen LogP contribution in [-0.2, 0) is 0 Å². The average molecular weight is 235 g/mol. The number of hydrogen-bond donors (Lipinski definition) is 1. The van der Waals surface area contributed by atoms with E-state index in [1.807, 2.05) is 13.0 Å². The highest BCUT2D eigenvalue weighted by Crippen LogP contribution is 2.33. The van der Waals surface area contributed by atoms with E-state index in [1.54, 1.807) is 6.07 Å². The van der Waals surface area contributed by atoms with Crippen molar-refractivity contribution in [1.82, 2.24) is 0 Å². The fourth-order valence-electron chi connectivity index (χ4n) is 2.94. The third-order valence-corrected chi connectivity index (χ3v) is 4.00. The molecule has 2 N–H and O–H groups in total. The number of aryl methyl sites for hydroxylation is 1. The van der Waals surface area contributed by atoms with E-state index in [1.165, 1.54) is 44.6 Å². The summed E-state index contributed by atoms with van der Waals surface area (Å²) in [4.78, 5) is 0. The predicted octanol–water partition coefficient (Wildman–Crippen LogP) is 4.10. The van der Waals surface area contributed by atoms with E-state index in [0.717, 1.165) is 11.1 Å². The molecule has 1 nitrogen and oxygen atoms in total. The molecule has 0 amide bonds. The van der Waals surface area contributed by atoms with Crippen LogP contribution in [0.4, 0.5) is 4.39 Å². The fraction of sp³-hybridized carbons (Fsp3) is 0.600. The summed E-state index contributed by atoms with van der Waals surface area (Å²) in [5.74, 6) is 0.404. The molecular formula is C15H22FN. The number of benzene rings is 1. The molecule has 1 atom stereocenters. The van der Waals surface area contributed by atoms with Crippen LogP contribution in [0.25, 0.3) is 0 Å². The van der Waals surface area contributed by atoms with Gasteiger partial charge in [0.15, 0.2) is 0 Å². The molecule has 0 saturated heterocycles. The highest BCUT2D eigenvalue weighted by atomic mass is 19.1. The van der Waals surface area contributed by atoms with Gasteiger partial charge < -0.3 is 5.73 Å². The maximum atomic E-state index is 13.1. The van der Waals surface area contributed by atoms with Crippen molar-refractivity contribution in [2.24, 2.45) is 11.7 Å². The Labute approximate surface area is 103 Å². The summed E-state index contributed by atoms with van der Waals surface area (Å²) >= 11 is 0. The van der Waals surface area contributed by atoms with Crippen molar-refractivity contribution in [2.45, 2.75) is 51.5 Å². The lowest BCUT2D eigenvalue weighted by Crippen LogP contribution is -2.22. The highest BCUT2D eigenvalue weighted by Gasteiger charge is 2.22. The van der Waals surface area contributed by atoms with Crippen LogP contribution in [0.15, 0.2) is 18.2 Å². The molecule has 1 aromatic rings. The van der Waals surface area contributed by atoms with E-state index < -0.39 is 0 Å². The predicted molar refractivity (Wildman–Crippen MR) is 69.3 cm³/mol. The number of nitrogens with two attached hydrogens (primary N) is 1. The summed E-state index contributed by atoms with van der Waals surface area (Å²) in [6.07, 6.45) is 7.70. The maximum absolute atomic E-state index is 13.1. The monoisotopic (exact) mass is 235 g/mol. The first-order chi connectivity index (χ1) is 8.18. The van der Waals surface area contributed by atoms with Gasteiger partial charge in [-0.25, -0.2) is 4.39 Å². The summed E-state index contributed by atoms with van der Waals surface area (Å²) < 4.78 is 13.1. The molecule has 0 heterocycles. The van der Waals surface area contributed by atoms with Crippen LogP contribution in [-0.4, -0.2) is 0 Å². The van der Waals surface area contributed by atoms with Gasteiger partial charge in [-0.15, -0.1) is 0 Å². The molecule has 0 aliphatic heterocycles. The van der Waals surface area contributed by atoms with E-state index in [0.29, 0.717) is 5.92 Å². The minimum Gasteiger partial charge on any atom is -0.324 e. The summed E-state index contributed by atoms with van der Waals surface area (Å²) in [7, 11) is 0. The van der Waals surface area contributed by atoms with Gasteiger partial charge in [0.25, 0.3) is 0 Å². The van der Waals surface area contributed by atoms with Gasteiger partial charge >= 0.3 is 0 Å². The van der Waals surface area contributed by atoms with Crippen molar-refractivity contribution in [1.29, 1.82) is 0 Å². The molecule has 1 unspecified atom stereocenters. The van der Waals surface area contributed by atoms with Gasteiger partial charge in [-0.1, -0.05) is 31.7 Å². The lowest BCUT2D eigenvalue weighted by atomic mass is 9.86. The van der Waals surface area contributed by atoms with Crippen molar-refractivity contribution in [3.63, 3.8) is 0 Å². The minimum atomic E-state index is -0.167.